The Morgan fingerprint density at radius 3 is 2.85 bits per heavy atom. The summed E-state index contributed by atoms with van der Waals surface area (Å²) in [5, 5.41) is 22.8. The lowest BCUT2D eigenvalue weighted by atomic mass is 10.1. The van der Waals surface area contributed by atoms with Gasteiger partial charge in [-0.2, -0.15) is 0 Å². The van der Waals surface area contributed by atoms with Gasteiger partial charge >= 0.3 is 5.97 Å². The molecule has 0 saturated heterocycles. The lowest BCUT2D eigenvalue weighted by molar-refractivity contribution is -0.385. The first-order valence-corrected chi connectivity index (χ1v) is 6.51. The van der Waals surface area contributed by atoms with E-state index in [1.807, 2.05) is 6.92 Å². The van der Waals surface area contributed by atoms with Crippen molar-refractivity contribution >= 4 is 28.7 Å². The number of carboxylic acid groups (broad SMARTS) is 1. The van der Waals surface area contributed by atoms with E-state index in [0.29, 0.717) is 12.2 Å². The van der Waals surface area contributed by atoms with Crippen molar-refractivity contribution in [1.29, 1.82) is 0 Å². The highest BCUT2D eigenvalue weighted by Crippen LogP contribution is 2.24. The summed E-state index contributed by atoms with van der Waals surface area (Å²) in [4.78, 5) is 26.2. The number of nitro benzene ring substituents is 1. The molecule has 2 rings (SSSR count). The molecule has 0 spiro atoms. The first-order valence-electron chi connectivity index (χ1n) is 5.63. The third-order valence-corrected chi connectivity index (χ3v) is 3.66. The van der Waals surface area contributed by atoms with Crippen LogP contribution in [0.2, 0.25) is 0 Å². The van der Waals surface area contributed by atoms with Crippen molar-refractivity contribution in [3.63, 3.8) is 0 Å². The normalized spacial score (nSPS) is 10.2. The molecular formula is C12H11N3O4S. The van der Waals surface area contributed by atoms with E-state index in [9.17, 15) is 14.9 Å². The molecule has 0 aliphatic heterocycles. The van der Waals surface area contributed by atoms with Crippen LogP contribution in [0.5, 0.6) is 0 Å². The summed E-state index contributed by atoms with van der Waals surface area (Å²) in [6.45, 7) is 2.36. The number of aromatic carboxylic acids is 1. The number of aryl methyl sites for hydroxylation is 1. The first kappa shape index (κ1) is 13.9. The molecule has 104 valence electrons. The quantitative estimate of drug-likeness (QED) is 0.648. The number of thiazole rings is 1. The van der Waals surface area contributed by atoms with Crippen LogP contribution in [-0.2, 0) is 6.54 Å². The number of aromatic nitrogens is 1. The summed E-state index contributed by atoms with van der Waals surface area (Å²) in [6.07, 6.45) is 0. The summed E-state index contributed by atoms with van der Waals surface area (Å²) < 4.78 is 0. The number of benzene rings is 1. The molecule has 0 radical (unpaired) electrons. The molecule has 0 fully saturated rings. The minimum atomic E-state index is -1.32. The highest BCUT2D eigenvalue weighted by molar-refractivity contribution is 7.09. The monoisotopic (exact) mass is 293 g/mol. The highest BCUT2D eigenvalue weighted by Gasteiger charge is 2.20. The van der Waals surface area contributed by atoms with Crippen molar-refractivity contribution in [1.82, 2.24) is 4.98 Å². The van der Waals surface area contributed by atoms with Gasteiger partial charge in [-0.1, -0.05) is 0 Å². The second-order valence-electron chi connectivity index (χ2n) is 4.01. The predicted molar refractivity (Wildman–Crippen MR) is 74.2 cm³/mol. The largest absolute Gasteiger partial charge is 0.477 e. The molecule has 0 aliphatic carbocycles. The van der Waals surface area contributed by atoms with Crippen LogP contribution < -0.4 is 5.32 Å². The van der Waals surface area contributed by atoms with Gasteiger partial charge in [-0.15, -0.1) is 11.3 Å². The Morgan fingerprint density at radius 1 is 1.55 bits per heavy atom. The zero-order valence-corrected chi connectivity index (χ0v) is 11.3. The Bertz CT molecular complexity index is 668. The van der Waals surface area contributed by atoms with Crippen LogP contribution in [0.15, 0.2) is 23.7 Å². The molecule has 0 aliphatic rings. The number of rotatable bonds is 5. The number of nitrogens with zero attached hydrogens (tertiary/aromatic N) is 2. The summed E-state index contributed by atoms with van der Waals surface area (Å²) >= 11 is 1.49. The molecule has 0 bridgehead atoms. The molecule has 7 nitrogen and oxygen atoms in total. The van der Waals surface area contributed by atoms with Crippen molar-refractivity contribution < 1.29 is 14.8 Å². The third kappa shape index (κ3) is 2.91. The van der Waals surface area contributed by atoms with E-state index in [1.165, 1.54) is 29.5 Å². The van der Waals surface area contributed by atoms with Crippen molar-refractivity contribution in [2.75, 3.05) is 5.32 Å². The molecule has 1 heterocycles. The average molecular weight is 293 g/mol. The fourth-order valence-electron chi connectivity index (χ4n) is 1.65. The van der Waals surface area contributed by atoms with E-state index < -0.39 is 16.6 Å². The van der Waals surface area contributed by atoms with Gasteiger partial charge in [-0.25, -0.2) is 9.78 Å². The smallest absolute Gasteiger partial charge is 0.342 e. The molecule has 8 heteroatoms. The number of carbonyl (C=O) groups is 1. The van der Waals surface area contributed by atoms with Crippen molar-refractivity contribution in [2.45, 2.75) is 13.5 Å². The Labute approximate surface area is 118 Å². The van der Waals surface area contributed by atoms with Crippen LogP contribution in [-0.4, -0.2) is 21.0 Å². The molecule has 1 aromatic carbocycles. The van der Waals surface area contributed by atoms with Gasteiger partial charge in [0.15, 0.2) is 0 Å². The van der Waals surface area contributed by atoms with E-state index in [-0.39, 0.29) is 5.56 Å². The summed E-state index contributed by atoms with van der Waals surface area (Å²) in [7, 11) is 0. The average Bonchev–Trinajstić information content (AvgIpc) is 2.81. The Kier molecular flexibility index (Phi) is 3.94. The number of carboxylic acids is 1. The second kappa shape index (κ2) is 5.66. The maximum atomic E-state index is 10.9. The number of nitro groups is 1. The SMILES string of the molecule is Cc1ncsc1CNc1ccc(C(=O)O)c([N+](=O)[O-])c1. The molecule has 0 unspecified atom stereocenters. The third-order valence-electron chi connectivity index (χ3n) is 2.72. The van der Waals surface area contributed by atoms with Crippen LogP contribution in [0.3, 0.4) is 0 Å². The molecule has 2 aromatic rings. The number of hydrogen-bond acceptors (Lipinski definition) is 6. The maximum absolute atomic E-state index is 10.9. The second-order valence-corrected chi connectivity index (χ2v) is 4.95. The van der Waals surface area contributed by atoms with Gasteiger partial charge in [0.05, 0.1) is 22.7 Å². The van der Waals surface area contributed by atoms with Gasteiger partial charge in [0, 0.05) is 16.6 Å². The summed E-state index contributed by atoms with van der Waals surface area (Å²) in [5.41, 5.74) is 2.37. The number of nitrogens with one attached hydrogen (secondary N) is 1. The van der Waals surface area contributed by atoms with Gasteiger partial charge in [0.2, 0.25) is 0 Å². The molecule has 2 N–H and O–H groups in total. The highest BCUT2D eigenvalue weighted by atomic mass is 32.1. The van der Waals surface area contributed by atoms with E-state index >= 15 is 0 Å². The first-order chi connectivity index (χ1) is 9.49. The minimum absolute atomic E-state index is 0.325. The Balaban J connectivity index is 2.21. The molecule has 0 saturated carbocycles. The van der Waals surface area contributed by atoms with E-state index in [0.717, 1.165) is 10.6 Å². The number of hydrogen-bond donors (Lipinski definition) is 2. The van der Waals surface area contributed by atoms with Gasteiger partial charge < -0.3 is 10.4 Å². The Hall–Kier alpha value is -2.48. The molecule has 0 atom stereocenters. The van der Waals surface area contributed by atoms with E-state index in [4.69, 9.17) is 5.11 Å². The van der Waals surface area contributed by atoms with Crippen LogP contribution in [0.4, 0.5) is 11.4 Å². The van der Waals surface area contributed by atoms with Crippen LogP contribution >= 0.6 is 11.3 Å². The Morgan fingerprint density at radius 2 is 2.30 bits per heavy atom. The van der Waals surface area contributed by atoms with Gasteiger partial charge in [-0.3, -0.25) is 10.1 Å². The summed E-state index contributed by atoms with van der Waals surface area (Å²) in [6, 6.07) is 3.95. The lowest BCUT2D eigenvalue weighted by Crippen LogP contribution is -2.05. The minimum Gasteiger partial charge on any atom is -0.477 e. The van der Waals surface area contributed by atoms with Crippen LogP contribution in [0, 0.1) is 17.0 Å². The van der Waals surface area contributed by atoms with Crippen LogP contribution in [0.1, 0.15) is 20.9 Å². The van der Waals surface area contributed by atoms with Crippen molar-refractivity contribution in [3.8, 4) is 0 Å². The molecule has 1 aromatic heterocycles. The van der Waals surface area contributed by atoms with Gasteiger partial charge in [-0.05, 0) is 19.1 Å². The van der Waals surface area contributed by atoms with Crippen molar-refractivity contribution in [3.05, 3.63) is 50.0 Å². The predicted octanol–water partition coefficient (Wildman–Crippen LogP) is 2.67. The molecule has 20 heavy (non-hydrogen) atoms. The van der Waals surface area contributed by atoms with Gasteiger partial charge in [0.1, 0.15) is 5.56 Å². The fourth-order valence-corrected chi connectivity index (χ4v) is 2.37. The molecular weight excluding hydrogens is 282 g/mol. The number of anilines is 1. The summed E-state index contributed by atoms with van der Waals surface area (Å²) in [5.74, 6) is -1.32. The van der Waals surface area contributed by atoms with E-state index in [2.05, 4.69) is 10.3 Å². The van der Waals surface area contributed by atoms with Crippen molar-refractivity contribution in [2.24, 2.45) is 0 Å². The lowest BCUT2D eigenvalue weighted by Gasteiger charge is -2.06. The van der Waals surface area contributed by atoms with Gasteiger partial charge in [0.25, 0.3) is 5.69 Å². The van der Waals surface area contributed by atoms with Crippen LogP contribution in [0.25, 0.3) is 0 Å². The molecule has 0 amide bonds. The fraction of sp³-hybridized carbons (Fsp3) is 0.167. The standard InChI is InChI=1S/C12H11N3O4S/c1-7-11(20-6-14-7)5-13-8-2-3-9(12(16)17)10(4-8)15(18)19/h2-4,6,13H,5H2,1H3,(H,16,17). The zero-order chi connectivity index (χ0) is 14.7. The maximum Gasteiger partial charge on any atom is 0.342 e. The topological polar surface area (TPSA) is 105 Å². The zero-order valence-electron chi connectivity index (χ0n) is 10.5. The van der Waals surface area contributed by atoms with E-state index in [1.54, 1.807) is 5.51 Å².